The maximum Gasteiger partial charge on any atom is 0.306 e. The number of hydrogen-bond acceptors (Lipinski definition) is 6. The summed E-state index contributed by atoms with van der Waals surface area (Å²) in [6, 6.07) is 0. The van der Waals surface area contributed by atoms with Gasteiger partial charge in [0.15, 0.2) is 6.10 Å². The Morgan fingerprint density at radius 3 is 0.817 bits per heavy atom. The minimum atomic E-state index is -0.783. The minimum Gasteiger partial charge on any atom is -0.462 e. The van der Waals surface area contributed by atoms with Crippen LogP contribution in [0.25, 0.3) is 0 Å². The van der Waals surface area contributed by atoms with Gasteiger partial charge in [-0.2, -0.15) is 0 Å². The molecule has 71 heavy (non-hydrogen) atoms. The highest BCUT2D eigenvalue weighted by Crippen LogP contribution is 2.17. The Morgan fingerprint density at radius 1 is 0.282 bits per heavy atom. The highest BCUT2D eigenvalue weighted by molar-refractivity contribution is 5.71. The van der Waals surface area contributed by atoms with Gasteiger partial charge in [0.2, 0.25) is 0 Å². The molecule has 0 aromatic heterocycles. The van der Waals surface area contributed by atoms with E-state index in [-0.39, 0.29) is 31.1 Å². The Morgan fingerprint density at radius 2 is 0.507 bits per heavy atom. The molecule has 0 aromatic rings. The van der Waals surface area contributed by atoms with Crippen molar-refractivity contribution in [2.24, 2.45) is 0 Å². The van der Waals surface area contributed by atoms with Gasteiger partial charge in [-0.25, -0.2) is 0 Å². The van der Waals surface area contributed by atoms with E-state index in [1.165, 1.54) is 205 Å². The van der Waals surface area contributed by atoms with E-state index in [1.54, 1.807) is 0 Å². The van der Waals surface area contributed by atoms with Crippen molar-refractivity contribution >= 4 is 17.9 Å². The molecule has 0 spiro atoms. The van der Waals surface area contributed by atoms with E-state index in [0.29, 0.717) is 19.3 Å². The second kappa shape index (κ2) is 59.9. The van der Waals surface area contributed by atoms with E-state index >= 15 is 0 Å². The largest absolute Gasteiger partial charge is 0.462 e. The lowest BCUT2D eigenvalue weighted by atomic mass is 10.0. The lowest BCUT2D eigenvalue weighted by Crippen LogP contribution is -2.30. The van der Waals surface area contributed by atoms with Crippen molar-refractivity contribution in [1.29, 1.82) is 0 Å². The molecular formula is C65H118O6. The van der Waals surface area contributed by atoms with Crippen LogP contribution in [0.15, 0.2) is 48.6 Å². The number of rotatable bonds is 57. The van der Waals surface area contributed by atoms with Gasteiger partial charge in [-0.3, -0.25) is 14.4 Å². The number of esters is 3. The topological polar surface area (TPSA) is 78.9 Å². The molecular weight excluding hydrogens is 877 g/mol. The second-order valence-corrected chi connectivity index (χ2v) is 21.0. The number of allylic oxidation sites excluding steroid dienone is 8. The minimum absolute atomic E-state index is 0.0784. The first kappa shape index (κ1) is 68.4. The molecule has 6 nitrogen and oxygen atoms in total. The first-order valence-corrected chi connectivity index (χ1v) is 31.1. The summed E-state index contributed by atoms with van der Waals surface area (Å²) < 4.78 is 16.9. The van der Waals surface area contributed by atoms with Crippen LogP contribution in [0.3, 0.4) is 0 Å². The van der Waals surface area contributed by atoms with Crippen molar-refractivity contribution in [1.82, 2.24) is 0 Å². The van der Waals surface area contributed by atoms with E-state index in [9.17, 15) is 14.4 Å². The Hall–Kier alpha value is -2.63. The zero-order chi connectivity index (χ0) is 51.4. The van der Waals surface area contributed by atoms with Gasteiger partial charge >= 0.3 is 17.9 Å². The fourth-order valence-electron chi connectivity index (χ4n) is 9.13. The summed E-state index contributed by atoms with van der Waals surface area (Å²) in [5.74, 6) is -0.888. The molecule has 414 valence electrons. The zero-order valence-corrected chi connectivity index (χ0v) is 47.5. The third-order valence-corrected chi connectivity index (χ3v) is 13.8. The maximum absolute atomic E-state index is 12.9. The van der Waals surface area contributed by atoms with Crippen molar-refractivity contribution in [3.05, 3.63) is 48.6 Å². The maximum atomic E-state index is 12.9. The van der Waals surface area contributed by atoms with Crippen LogP contribution in [0.4, 0.5) is 0 Å². The van der Waals surface area contributed by atoms with Gasteiger partial charge in [-0.05, 0) is 64.2 Å². The molecule has 0 amide bonds. The molecule has 0 unspecified atom stereocenters. The fourth-order valence-corrected chi connectivity index (χ4v) is 9.13. The average Bonchev–Trinajstić information content (AvgIpc) is 3.37. The first-order valence-electron chi connectivity index (χ1n) is 31.1. The third-order valence-electron chi connectivity index (χ3n) is 13.8. The average molecular weight is 996 g/mol. The molecule has 0 fully saturated rings. The van der Waals surface area contributed by atoms with Crippen LogP contribution >= 0.6 is 0 Å². The summed E-state index contributed by atoms with van der Waals surface area (Å²) in [5.41, 5.74) is 0. The van der Waals surface area contributed by atoms with Crippen LogP contribution in [0.1, 0.15) is 329 Å². The predicted octanol–water partition coefficient (Wildman–Crippen LogP) is 21.0. The smallest absolute Gasteiger partial charge is 0.306 e. The highest BCUT2D eigenvalue weighted by Gasteiger charge is 2.19. The predicted molar refractivity (Wildman–Crippen MR) is 307 cm³/mol. The molecule has 1 atom stereocenters. The highest BCUT2D eigenvalue weighted by atomic mass is 16.6. The Kier molecular flexibility index (Phi) is 57.7. The van der Waals surface area contributed by atoms with Crippen molar-refractivity contribution < 1.29 is 28.6 Å². The molecule has 0 N–H and O–H groups in total. The van der Waals surface area contributed by atoms with E-state index in [4.69, 9.17) is 14.2 Å². The molecule has 0 aliphatic heterocycles. The lowest BCUT2D eigenvalue weighted by Gasteiger charge is -2.18. The zero-order valence-electron chi connectivity index (χ0n) is 47.5. The van der Waals surface area contributed by atoms with E-state index in [2.05, 4.69) is 69.4 Å². The molecule has 0 saturated heterocycles. The summed E-state index contributed by atoms with van der Waals surface area (Å²) in [5, 5.41) is 0. The molecule has 0 aromatic carbocycles. The summed E-state index contributed by atoms with van der Waals surface area (Å²) >= 11 is 0. The van der Waals surface area contributed by atoms with E-state index in [0.717, 1.165) is 83.5 Å². The second-order valence-electron chi connectivity index (χ2n) is 21.0. The Bertz CT molecular complexity index is 1230. The van der Waals surface area contributed by atoms with Crippen LogP contribution in [0.2, 0.25) is 0 Å². The van der Waals surface area contributed by atoms with Crippen LogP contribution in [0, 0.1) is 0 Å². The summed E-state index contributed by atoms with van der Waals surface area (Å²) in [6.45, 7) is 6.64. The number of hydrogen-bond donors (Lipinski definition) is 0. The van der Waals surface area contributed by atoms with Crippen LogP contribution in [0.5, 0.6) is 0 Å². The van der Waals surface area contributed by atoms with Gasteiger partial charge in [0.25, 0.3) is 0 Å². The Labute approximate surface area is 441 Å². The van der Waals surface area contributed by atoms with Gasteiger partial charge in [0.05, 0.1) is 0 Å². The number of ether oxygens (including phenoxy) is 3. The summed E-state index contributed by atoms with van der Waals surface area (Å²) in [4.78, 5) is 38.3. The standard InChI is InChI=1S/C65H118O6/c1-4-7-10-13-16-19-22-25-28-31-32-35-37-40-43-46-49-52-55-58-64(67)70-61-62(71-65(68)59-56-53-50-47-44-41-38-34-30-27-24-21-18-15-12-9-6-3)60-69-63(66)57-54-51-48-45-42-39-36-33-29-26-23-20-17-14-11-8-5-2/h16,19,25,28,32,35,40,43,62H,4-15,17-18,20-24,26-27,29-31,33-34,36-39,41-42,44-61H2,1-3H3/b19-16-,28-25-,35-32-,43-40-/t62-/m1/s1. The van der Waals surface area contributed by atoms with Crippen LogP contribution < -0.4 is 0 Å². The summed E-state index contributed by atoms with van der Waals surface area (Å²) in [6.07, 6.45) is 73.9. The van der Waals surface area contributed by atoms with E-state index in [1.807, 2.05) is 0 Å². The lowest BCUT2D eigenvalue weighted by molar-refractivity contribution is -0.167. The quantitative estimate of drug-likeness (QED) is 0.0261. The number of carbonyl (C=O) groups excluding carboxylic acids is 3. The molecule has 0 saturated carbocycles. The van der Waals surface area contributed by atoms with Gasteiger partial charge < -0.3 is 14.2 Å². The van der Waals surface area contributed by atoms with Crippen molar-refractivity contribution in [3.63, 3.8) is 0 Å². The van der Waals surface area contributed by atoms with Crippen molar-refractivity contribution in [2.45, 2.75) is 335 Å². The fraction of sp³-hybridized carbons (Fsp3) is 0.831. The Balaban J connectivity index is 4.39. The van der Waals surface area contributed by atoms with Crippen molar-refractivity contribution in [3.8, 4) is 0 Å². The molecule has 0 bridgehead atoms. The van der Waals surface area contributed by atoms with Gasteiger partial charge in [0.1, 0.15) is 13.2 Å². The van der Waals surface area contributed by atoms with Gasteiger partial charge in [0, 0.05) is 19.3 Å². The van der Waals surface area contributed by atoms with Gasteiger partial charge in [-0.15, -0.1) is 0 Å². The first-order chi connectivity index (χ1) is 35.0. The van der Waals surface area contributed by atoms with Crippen LogP contribution in [-0.4, -0.2) is 37.2 Å². The molecule has 0 aliphatic carbocycles. The number of unbranched alkanes of at least 4 members (excludes halogenated alkanes) is 38. The molecule has 0 heterocycles. The third kappa shape index (κ3) is 58.1. The molecule has 6 heteroatoms. The summed E-state index contributed by atoms with van der Waals surface area (Å²) in [7, 11) is 0. The van der Waals surface area contributed by atoms with E-state index < -0.39 is 6.10 Å². The normalized spacial score (nSPS) is 12.3. The monoisotopic (exact) mass is 995 g/mol. The SMILES string of the molecule is CCCCC/C=C\C/C=C\C/C=C\C/C=C\CCCCCC(=O)OC[C@@H](COC(=O)CCCCCCCCCCCCCCCCCCC)OC(=O)CCCCCCCCCCCCCCCCCCC. The molecule has 0 radical (unpaired) electrons. The van der Waals surface area contributed by atoms with Crippen molar-refractivity contribution in [2.75, 3.05) is 13.2 Å². The number of carbonyl (C=O) groups is 3. The van der Waals surface area contributed by atoms with Gasteiger partial charge in [-0.1, -0.05) is 294 Å². The van der Waals surface area contributed by atoms with Crippen LogP contribution in [-0.2, 0) is 28.6 Å². The molecule has 0 aliphatic rings. The molecule has 0 rings (SSSR count).